The van der Waals surface area contributed by atoms with Gasteiger partial charge in [-0.05, 0) is 37.5 Å². The van der Waals surface area contributed by atoms with E-state index in [1.54, 1.807) is 0 Å². The van der Waals surface area contributed by atoms with Gasteiger partial charge in [0.25, 0.3) is 0 Å². The monoisotopic (exact) mass is 474 g/mol. The highest BCUT2D eigenvalue weighted by atomic mass is 16.5. The Hall–Kier alpha value is -0.990. The van der Waals surface area contributed by atoms with Crippen LogP contribution in [0.3, 0.4) is 0 Å². The molecule has 5 N–H and O–H groups in total. The topological polar surface area (TPSA) is 127 Å². The first-order valence-corrected chi connectivity index (χ1v) is 12.6. The highest BCUT2D eigenvalue weighted by Crippen LogP contribution is 2.22. The highest BCUT2D eigenvalue weighted by molar-refractivity contribution is 5.82. The maximum absolute atomic E-state index is 11.9. The first-order chi connectivity index (χ1) is 15.5. The third-order valence-corrected chi connectivity index (χ3v) is 6.23. The predicted octanol–water partition coefficient (Wildman–Crippen LogP) is 3.35. The number of rotatable bonds is 19. The van der Waals surface area contributed by atoms with E-state index in [4.69, 9.17) is 9.84 Å². The molecular weight excluding hydrogens is 424 g/mol. The van der Waals surface area contributed by atoms with E-state index in [2.05, 4.69) is 27.7 Å². The normalized spacial score (nSPS) is 18.0. The summed E-state index contributed by atoms with van der Waals surface area (Å²) in [7, 11) is 0. The SMILES string of the molecule is CC(=CC(=O)OC[C@H](O)[C@@H](O)[C@H](O)[C@H](O)CO)CCCC(C)CCCC(C)CCCC(C)C. The molecule has 0 spiro atoms. The van der Waals surface area contributed by atoms with Crippen molar-refractivity contribution in [3.8, 4) is 0 Å². The van der Waals surface area contributed by atoms with Gasteiger partial charge in [0.2, 0.25) is 0 Å². The van der Waals surface area contributed by atoms with Crippen molar-refractivity contribution in [2.75, 3.05) is 13.2 Å². The number of carbonyl (C=O) groups is 1. The Morgan fingerprint density at radius 3 is 1.79 bits per heavy atom. The van der Waals surface area contributed by atoms with Crippen LogP contribution in [0.5, 0.6) is 0 Å². The van der Waals surface area contributed by atoms with E-state index >= 15 is 0 Å². The summed E-state index contributed by atoms with van der Waals surface area (Å²) in [5.41, 5.74) is 0.886. The number of ether oxygens (including phenoxy) is 1. The summed E-state index contributed by atoms with van der Waals surface area (Å²) in [5, 5.41) is 47.1. The van der Waals surface area contributed by atoms with Gasteiger partial charge in [-0.2, -0.15) is 0 Å². The third kappa shape index (κ3) is 16.3. The molecule has 7 heteroatoms. The van der Waals surface area contributed by atoms with Gasteiger partial charge in [0, 0.05) is 6.08 Å². The van der Waals surface area contributed by atoms with Gasteiger partial charge in [-0.3, -0.25) is 0 Å². The Morgan fingerprint density at radius 2 is 1.27 bits per heavy atom. The largest absolute Gasteiger partial charge is 0.460 e. The van der Waals surface area contributed by atoms with E-state index in [1.807, 2.05) is 6.92 Å². The molecule has 0 aromatic carbocycles. The number of allylic oxidation sites excluding steroid dienone is 1. The molecule has 0 radical (unpaired) electrons. The predicted molar refractivity (Wildman–Crippen MR) is 131 cm³/mol. The summed E-state index contributed by atoms with van der Waals surface area (Å²) in [6, 6.07) is 0. The van der Waals surface area contributed by atoms with E-state index in [1.165, 1.54) is 44.6 Å². The lowest BCUT2D eigenvalue weighted by atomic mass is 9.91. The second kappa shape index (κ2) is 18.4. The summed E-state index contributed by atoms with van der Waals surface area (Å²) in [6.45, 7) is 9.78. The fourth-order valence-electron chi connectivity index (χ4n) is 3.85. The van der Waals surface area contributed by atoms with Crippen LogP contribution in [0.2, 0.25) is 0 Å². The first kappa shape index (κ1) is 32.0. The van der Waals surface area contributed by atoms with Crippen molar-refractivity contribution < 1.29 is 35.1 Å². The molecule has 7 nitrogen and oxygen atoms in total. The molecule has 0 saturated carbocycles. The van der Waals surface area contributed by atoms with Crippen LogP contribution in [-0.4, -0.2) is 69.1 Å². The van der Waals surface area contributed by atoms with Crippen molar-refractivity contribution in [1.82, 2.24) is 0 Å². The smallest absolute Gasteiger partial charge is 0.330 e. The molecule has 0 aliphatic heterocycles. The lowest BCUT2D eigenvalue weighted by Gasteiger charge is -2.25. The van der Waals surface area contributed by atoms with Crippen LogP contribution in [0.4, 0.5) is 0 Å². The maximum Gasteiger partial charge on any atom is 0.330 e. The van der Waals surface area contributed by atoms with Gasteiger partial charge in [-0.1, -0.05) is 78.2 Å². The maximum atomic E-state index is 11.9. The molecule has 2 unspecified atom stereocenters. The van der Waals surface area contributed by atoms with E-state index in [0.29, 0.717) is 5.92 Å². The number of aliphatic hydroxyl groups excluding tert-OH is 5. The molecule has 0 aliphatic rings. The molecule has 0 bridgehead atoms. The van der Waals surface area contributed by atoms with Crippen LogP contribution in [0.25, 0.3) is 0 Å². The fourth-order valence-corrected chi connectivity index (χ4v) is 3.85. The Balaban J connectivity index is 4.05. The molecule has 0 rings (SSSR count). The number of aliphatic hydroxyl groups is 5. The van der Waals surface area contributed by atoms with Crippen molar-refractivity contribution in [1.29, 1.82) is 0 Å². The lowest BCUT2D eigenvalue weighted by Crippen LogP contribution is -2.47. The number of hydrogen-bond acceptors (Lipinski definition) is 7. The van der Waals surface area contributed by atoms with Crippen molar-refractivity contribution in [3.63, 3.8) is 0 Å². The number of hydrogen-bond donors (Lipinski definition) is 5. The van der Waals surface area contributed by atoms with Crippen LogP contribution < -0.4 is 0 Å². The van der Waals surface area contributed by atoms with Crippen molar-refractivity contribution >= 4 is 5.97 Å². The number of carbonyl (C=O) groups excluding carboxylic acids is 1. The van der Waals surface area contributed by atoms with Crippen LogP contribution in [0, 0.1) is 17.8 Å². The van der Waals surface area contributed by atoms with Gasteiger partial charge in [-0.15, -0.1) is 0 Å². The summed E-state index contributed by atoms with van der Waals surface area (Å²) >= 11 is 0. The average Bonchev–Trinajstić information content (AvgIpc) is 2.75. The average molecular weight is 475 g/mol. The van der Waals surface area contributed by atoms with E-state index in [0.717, 1.165) is 36.7 Å². The van der Waals surface area contributed by atoms with Gasteiger partial charge in [0.1, 0.15) is 31.0 Å². The molecule has 33 heavy (non-hydrogen) atoms. The highest BCUT2D eigenvalue weighted by Gasteiger charge is 2.30. The second-order valence-corrected chi connectivity index (χ2v) is 10.3. The minimum absolute atomic E-state index is 0.522. The van der Waals surface area contributed by atoms with Gasteiger partial charge < -0.3 is 30.3 Å². The summed E-state index contributed by atoms with van der Waals surface area (Å²) in [5.74, 6) is 1.62. The molecule has 0 aromatic rings. The molecular formula is C26H50O7. The molecule has 0 amide bonds. The van der Waals surface area contributed by atoms with Crippen LogP contribution in [-0.2, 0) is 9.53 Å². The molecule has 0 fully saturated rings. The Kier molecular flexibility index (Phi) is 17.8. The van der Waals surface area contributed by atoms with E-state index in [9.17, 15) is 25.2 Å². The quantitative estimate of drug-likeness (QED) is 0.143. The second-order valence-electron chi connectivity index (χ2n) is 10.3. The molecule has 6 atom stereocenters. The molecule has 0 heterocycles. The summed E-state index contributed by atoms with van der Waals surface area (Å²) < 4.78 is 4.92. The van der Waals surface area contributed by atoms with Crippen LogP contribution in [0.15, 0.2) is 11.6 Å². The zero-order chi connectivity index (χ0) is 25.4. The summed E-state index contributed by atoms with van der Waals surface area (Å²) in [4.78, 5) is 11.9. The number of esters is 1. The third-order valence-electron chi connectivity index (χ3n) is 6.23. The minimum atomic E-state index is -1.74. The van der Waals surface area contributed by atoms with Gasteiger partial charge in [0.05, 0.1) is 6.61 Å². The van der Waals surface area contributed by atoms with Crippen molar-refractivity contribution in [3.05, 3.63) is 11.6 Å². The van der Waals surface area contributed by atoms with Crippen molar-refractivity contribution in [2.24, 2.45) is 17.8 Å². The van der Waals surface area contributed by atoms with Crippen LogP contribution >= 0.6 is 0 Å². The first-order valence-electron chi connectivity index (χ1n) is 12.6. The fraction of sp³-hybridized carbons (Fsp3) is 0.885. The Bertz CT molecular complexity index is 535. The zero-order valence-electron chi connectivity index (χ0n) is 21.4. The Labute approximate surface area is 200 Å². The van der Waals surface area contributed by atoms with Gasteiger partial charge >= 0.3 is 5.97 Å². The molecule has 0 aromatic heterocycles. The molecule has 0 saturated heterocycles. The summed E-state index contributed by atoms with van der Waals surface area (Å²) in [6.07, 6.45) is 5.40. The zero-order valence-corrected chi connectivity index (χ0v) is 21.4. The standard InChI is InChI=1S/C26H50O7/c1-18(2)9-6-10-19(3)11-7-12-20(4)13-8-14-21(5)15-24(30)33-17-23(29)26(32)25(31)22(28)16-27/h15,18-20,22-23,25-29,31-32H,6-14,16-17H2,1-5H3/t19?,20?,22-,23+,25-,26-/m1/s1. The lowest BCUT2D eigenvalue weighted by molar-refractivity contribution is -0.151. The van der Waals surface area contributed by atoms with E-state index in [-0.39, 0.29) is 0 Å². The molecule has 0 aliphatic carbocycles. The van der Waals surface area contributed by atoms with Crippen molar-refractivity contribution in [2.45, 2.75) is 117 Å². The van der Waals surface area contributed by atoms with E-state index < -0.39 is 43.6 Å². The van der Waals surface area contributed by atoms with Gasteiger partial charge in [-0.25, -0.2) is 4.79 Å². The minimum Gasteiger partial charge on any atom is -0.460 e. The molecule has 196 valence electrons. The van der Waals surface area contributed by atoms with Crippen LogP contribution in [0.1, 0.15) is 92.4 Å². The van der Waals surface area contributed by atoms with Gasteiger partial charge in [0.15, 0.2) is 0 Å². The Morgan fingerprint density at radius 1 is 0.788 bits per heavy atom.